The summed E-state index contributed by atoms with van der Waals surface area (Å²) < 4.78 is 0. The van der Waals surface area contributed by atoms with Crippen molar-refractivity contribution in [3.63, 3.8) is 0 Å². The molecule has 1 aliphatic carbocycles. The Morgan fingerprint density at radius 1 is 1.54 bits per heavy atom. The van der Waals surface area contributed by atoms with Gasteiger partial charge in [-0.05, 0) is 11.6 Å². The molecule has 0 aromatic heterocycles. The van der Waals surface area contributed by atoms with Gasteiger partial charge in [0.05, 0.1) is 0 Å². The van der Waals surface area contributed by atoms with Crippen molar-refractivity contribution in [2.24, 2.45) is 0 Å². The minimum absolute atomic E-state index is 0.122. The van der Waals surface area contributed by atoms with Gasteiger partial charge < -0.3 is 20.4 Å². The summed E-state index contributed by atoms with van der Waals surface area (Å²) >= 11 is 0. The second-order valence-electron chi connectivity index (χ2n) is 2.86. The Morgan fingerprint density at radius 2 is 2.15 bits per heavy atom. The fraction of sp³-hybridized carbons (Fsp3) is 0.375. The molecule has 0 bridgehead atoms. The van der Waals surface area contributed by atoms with Gasteiger partial charge in [0, 0.05) is 6.42 Å². The highest BCUT2D eigenvalue weighted by Gasteiger charge is 2.25. The lowest BCUT2D eigenvalue weighted by Gasteiger charge is -2.20. The molecule has 13 heavy (non-hydrogen) atoms. The first kappa shape index (κ1) is 9.91. The van der Waals surface area contributed by atoms with E-state index in [9.17, 15) is 4.79 Å². The molecular formula is C8H10O5. The second-order valence-corrected chi connectivity index (χ2v) is 2.86. The molecule has 1 atom stereocenters. The van der Waals surface area contributed by atoms with E-state index in [4.69, 9.17) is 20.4 Å². The third kappa shape index (κ3) is 2.38. The van der Waals surface area contributed by atoms with E-state index in [1.807, 2.05) is 0 Å². The molecule has 1 aliphatic rings. The Morgan fingerprint density at radius 3 is 2.54 bits per heavy atom. The molecule has 0 radical (unpaired) electrons. The van der Waals surface area contributed by atoms with E-state index < -0.39 is 17.9 Å². The van der Waals surface area contributed by atoms with Crippen LogP contribution in [0.2, 0.25) is 0 Å². The summed E-state index contributed by atoms with van der Waals surface area (Å²) in [6.07, 6.45) is 1.77. The fourth-order valence-corrected chi connectivity index (χ4v) is 0.979. The van der Waals surface area contributed by atoms with Crippen LogP contribution in [0.3, 0.4) is 0 Å². The van der Waals surface area contributed by atoms with Gasteiger partial charge in [-0.15, -0.1) is 0 Å². The maximum Gasteiger partial charge on any atom is 0.337 e. The van der Waals surface area contributed by atoms with E-state index in [0.29, 0.717) is 0 Å². The van der Waals surface area contributed by atoms with Crippen molar-refractivity contribution in [3.05, 3.63) is 23.8 Å². The number of carboxylic acid groups (broad SMARTS) is 1. The number of rotatable bonds is 2. The summed E-state index contributed by atoms with van der Waals surface area (Å²) in [5, 5.41) is 35.5. The van der Waals surface area contributed by atoms with Crippen LogP contribution in [0.5, 0.6) is 0 Å². The number of hydrogen-bond acceptors (Lipinski definition) is 4. The summed E-state index contributed by atoms with van der Waals surface area (Å²) in [6.45, 7) is 0. The number of aliphatic carboxylic acids is 1. The van der Waals surface area contributed by atoms with Crippen LogP contribution in [0.1, 0.15) is 6.42 Å². The van der Waals surface area contributed by atoms with Gasteiger partial charge in [0.15, 0.2) is 11.9 Å². The zero-order valence-electron chi connectivity index (χ0n) is 6.71. The lowest BCUT2D eigenvalue weighted by molar-refractivity contribution is -0.144. The van der Waals surface area contributed by atoms with Crippen LogP contribution in [0, 0.1) is 0 Å². The number of carboxylic acids is 1. The molecule has 5 nitrogen and oxygen atoms in total. The summed E-state index contributed by atoms with van der Waals surface area (Å²) in [6, 6.07) is 0. The summed E-state index contributed by atoms with van der Waals surface area (Å²) in [4.78, 5) is 10.3. The molecule has 1 unspecified atom stereocenters. The van der Waals surface area contributed by atoms with E-state index in [1.54, 1.807) is 0 Å². The average molecular weight is 186 g/mol. The summed E-state index contributed by atoms with van der Waals surface area (Å²) in [7, 11) is 0. The molecule has 0 heterocycles. The highest BCUT2D eigenvalue weighted by molar-refractivity contribution is 5.77. The molecule has 4 N–H and O–H groups in total. The van der Waals surface area contributed by atoms with Crippen LogP contribution < -0.4 is 0 Å². The van der Waals surface area contributed by atoms with Crippen molar-refractivity contribution in [1.82, 2.24) is 0 Å². The zero-order chi connectivity index (χ0) is 10.1. The topological polar surface area (TPSA) is 98.0 Å². The minimum Gasteiger partial charge on any atom is -0.479 e. The van der Waals surface area contributed by atoms with Gasteiger partial charge in [0.25, 0.3) is 0 Å². The molecule has 72 valence electrons. The number of hydrogen-bond donors (Lipinski definition) is 4. The van der Waals surface area contributed by atoms with Crippen LogP contribution in [0.25, 0.3) is 0 Å². The predicted molar refractivity (Wildman–Crippen MR) is 42.7 cm³/mol. The molecule has 0 spiro atoms. The third-order valence-electron chi connectivity index (χ3n) is 1.73. The first-order valence-corrected chi connectivity index (χ1v) is 3.67. The highest BCUT2D eigenvalue weighted by atomic mass is 16.5. The predicted octanol–water partition coefficient (Wildman–Crippen LogP) is -1.00. The SMILES string of the molecule is O=C(O)C(O)C1=CCC(O)(O)C=C1. The van der Waals surface area contributed by atoms with E-state index >= 15 is 0 Å². The van der Waals surface area contributed by atoms with Crippen LogP contribution in [0.4, 0.5) is 0 Å². The molecule has 0 saturated carbocycles. The number of aliphatic hydroxyl groups is 3. The molecule has 0 aromatic carbocycles. The molecule has 0 aliphatic heterocycles. The first-order chi connectivity index (χ1) is 5.92. The number of aliphatic hydroxyl groups excluding tert-OH is 1. The molecule has 0 aromatic rings. The Bertz CT molecular complexity index is 276. The van der Waals surface area contributed by atoms with Gasteiger partial charge in [-0.2, -0.15) is 0 Å². The summed E-state index contributed by atoms with van der Waals surface area (Å²) in [5.74, 6) is -3.29. The zero-order valence-corrected chi connectivity index (χ0v) is 6.71. The number of carbonyl (C=O) groups is 1. The molecule has 0 saturated heterocycles. The van der Waals surface area contributed by atoms with E-state index in [0.717, 1.165) is 6.08 Å². The van der Waals surface area contributed by atoms with Gasteiger partial charge in [0.2, 0.25) is 0 Å². The van der Waals surface area contributed by atoms with Crippen LogP contribution >= 0.6 is 0 Å². The molecule has 1 rings (SSSR count). The maximum atomic E-state index is 10.3. The van der Waals surface area contributed by atoms with Crippen LogP contribution in [0.15, 0.2) is 23.8 Å². The van der Waals surface area contributed by atoms with Gasteiger partial charge in [0.1, 0.15) is 0 Å². The van der Waals surface area contributed by atoms with E-state index in [-0.39, 0.29) is 12.0 Å². The average Bonchev–Trinajstić information content (AvgIpc) is 2.03. The monoisotopic (exact) mass is 186 g/mol. The molecular weight excluding hydrogens is 176 g/mol. The fourth-order valence-electron chi connectivity index (χ4n) is 0.979. The minimum atomic E-state index is -1.93. The van der Waals surface area contributed by atoms with Crippen LogP contribution in [-0.2, 0) is 4.79 Å². The molecule has 0 fully saturated rings. The van der Waals surface area contributed by atoms with Crippen molar-refractivity contribution in [2.75, 3.05) is 0 Å². The van der Waals surface area contributed by atoms with Crippen molar-refractivity contribution in [1.29, 1.82) is 0 Å². The Kier molecular flexibility index (Phi) is 2.51. The van der Waals surface area contributed by atoms with Crippen LogP contribution in [-0.4, -0.2) is 38.3 Å². The van der Waals surface area contributed by atoms with Crippen molar-refractivity contribution >= 4 is 5.97 Å². The van der Waals surface area contributed by atoms with Gasteiger partial charge >= 0.3 is 5.97 Å². The summed E-state index contributed by atoms with van der Waals surface area (Å²) in [5.41, 5.74) is 0.159. The quantitative estimate of drug-likeness (QED) is 0.415. The molecule has 5 heteroatoms. The first-order valence-electron chi connectivity index (χ1n) is 3.67. The maximum absolute atomic E-state index is 10.3. The van der Waals surface area contributed by atoms with Crippen molar-refractivity contribution in [3.8, 4) is 0 Å². The Balaban J connectivity index is 2.73. The van der Waals surface area contributed by atoms with Gasteiger partial charge in [-0.3, -0.25) is 0 Å². The highest BCUT2D eigenvalue weighted by Crippen LogP contribution is 2.20. The van der Waals surface area contributed by atoms with Crippen molar-refractivity contribution in [2.45, 2.75) is 18.3 Å². The normalized spacial score (nSPS) is 22.2. The second kappa shape index (κ2) is 3.29. The van der Waals surface area contributed by atoms with Crippen molar-refractivity contribution < 1.29 is 25.2 Å². The lowest BCUT2D eigenvalue weighted by atomic mass is 9.98. The van der Waals surface area contributed by atoms with Gasteiger partial charge in [-0.25, -0.2) is 4.79 Å². The lowest BCUT2D eigenvalue weighted by Crippen LogP contribution is -2.29. The third-order valence-corrected chi connectivity index (χ3v) is 1.73. The van der Waals surface area contributed by atoms with E-state index in [2.05, 4.69) is 0 Å². The Labute approximate surface area is 74.2 Å². The smallest absolute Gasteiger partial charge is 0.337 e. The molecule has 0 amide bonds. The standard InChI is InChI=1S/C8H10O5/c9-6(7(10)11)5-1-3-8(12,13)4-2-5/h1-3,6,9,12-13H,4H2,(H,10,11). The van der Waals surface area contributed by atoms with E-state index in [1.165, 1.54) is 12.2 Å². The Hall–Kier alpha value is -1.17. The largest absolute Gasteiger partial charge is 0.479 e. The van der Waals surface area contributed by atoms with Gasteiger partial charge in [-0.1, -0.05) is 12.2 Å².